The van der Waals surface area contributed by atoms with Crippen LogP contribution in [-0.2, 0) is 6.54 Å². The van der Waals surface area contributed by atoms with E-state index in [4.69, 9.17) is 0 Å². The first-order chi connectivity index (χ1) is 12.0. The Balaban J connectivity index is 1.67. The molecular weight excluding hydrogens is 316 g/mol. The third kappa shape index (κ3) is 4.42. The van der Waals surface area contributed by atoms with Crippen LogP contribution in [-0.4, -0.2) is 39.2 Å². The second kappa shape index (κ2) is 7.74. The van der Waals surface area contributed by atoms with E-state index in [-0.39, 0.29) is 5.69 Å². The fourth-order valence-corrected chi connectivity index (χ4v) is 3.34. The average molecular weight is 342 g/mol. The van der Waals surface area contributed by atoms with Crippen molar-refractivity contribution in [1.82, 2.24) is 24.8 Å². The monoisotopic (exact) mass is 342 g/mol. The van der Waals surface area contributed by atoms with Gasteiger partial charge in [0.1, 0.15) is 11.6 Å². The van der Waals surface area contributed by atoms with E-state index in [0.717, 1.165) is 48.2 Å². The predicted octanol–water partition coefficient (Wildman–Crippen LogP) is 1.54. The highest BCUT2D eigenvalue weighted by molar-refractivity contribution is 5.37. The molecule has 1 saturated heterocycles. The maximum absolute atomic E-state index is 12.0. The van der Waals surface area contributed by atoms with Gasteiger partial charge in [-0.05, 0) is 46.2 Å². The smallest absolute Gasteiger partial charge is 0.348 e. The molecule has 0 amide bonds. The summed E-state index contributed by atoms with van der Waals surface area (Å²) < 4.78 is 1.68. The highest BCUT2D eigenvalue weighted by Gasteiger charge is 2.17. The number of nitrogens with one attached hydrogen (secondary N) is 2. The van der Waals surface area contributed by atoms with Gasteiger partial charge in [-0.1, -0.05) is 0 Å². The molecule has 7 heteroatoms. The van der Waals surface area contributed by atoms with Crippen LogP contribution in [0.4, 0.5) is 5.82 Å². The maximum Gasteiger partial charge on any atom is 0.348 e. The van der Waals surface area contributed by atoms with Gasteiger partial charge in [0.2, 0.25) is 0 Å². The van der Waals surface area contributed by atoms with Crippen LogP contribution in [0.15, 0.2) is 16.9 Å². The Morgan fingerprint density at radius 2 is 2.08 bits per heavy atom. The Bertz CT molecular complexity index is 795. The molecule has 0 aromatic carbocycles. The summed E-state index contributed by atoms with van der Waals surface area (Å²) in [5, 5.41) is 6.75. The molecule has 2 aromatic rings. The molecule has 0 unspecified atom stereocenters. The van der Waals surface area contributed by atoms with Crippen LogP contribution in [0.2, 0.25) is 0 Å². The van der Waals surface area contributed by atoms with Crippen molar-refractivity contribution in [2.45, 2.75) is 46.1 Å². The van der Waals surface area contributed by atoms with Crippen molar-refractivity contribution in [2.75, 3.05) is 25.0 Å². The van der Waals surface area contributed by atoms with Gasteiger partial charge in [-0.3, -0.25) is 4.57 Å². The largest absolute Gasteiger partial charge is 0.368 e. The minimum Gasteiger partial charge on any atom is -0.368 e. The zero-order chi connectivity index (χ0) is 17.8. The van der Waals surface area contributed by atoms with Gasteiger partial charge < -0.3 is 10.6 Å². The molecule has 1 aliphatic rings. The number of anilines is 1. The first-order valence-electron chi connectivity index (χ1n) is 8.88. The van der Waals surface area contributed by atoms with Gasteiger partial charge in [0.25, 0.3) is 0 Å². The Labute approximate surface area is 147 Å². The summed E-state index contributed by atoms with van der Waals surface area (Å²) in [4.78, 5) is 25.1. The van der Waals surface area contributed by atoms with Crippen LogP contribution >= 0.6 is 0 Å². The Morgan fingerprint density at radius 1 is 1.24 bits per heavy atom. The average Bonchev–Trinajstić information content (AvgIpc) is 2.57. The number of aromatic nitrogens is 4. The van der Waals surface area contributed by atoms with Crippen molar-refractivity contribution >= 4 is 5.82 Å². The summed E-state index contributed by atoms with van der Waals surface area (Å²) in [7, 11) is 0. The van der Waals surface area contributed by atoms with Crippen molar-refractivity contribution in [1.29, 1.82) is 0 Å². The van der Waals surface area contributed by atoms with E-state index in [9.17, 15) is 4.79 Å². The molecule has 0 saturated carbocycles. The maximum atomic E-state index is 12.0. The summed E-state index contributed by atoms with van der Waals surface area (Å²) in [5.74, 6) is 2.04. The summed E-state index contributed by atoms with van der Waals surface area (Å²) >= 11 is 0. The van der Waals surface area contributed by atoms with Gasteiger partial charge in [-0.15, -0.1) is 0 Å². The molecule has 2 aromatic heterocycles. The molecule has 0 radical (unpaired) electrons. The molecule has 1 aliphatic heterocycles. The minimum absolute atomic E-state index is 0.202. The Morgan fingerprint density at radius 3 is 2.80 bits per heavy atom. The van der Waals surface area contributed by atoms with Crippen LogP contribution in [0, 0.1) is 20.8 Å². The lowest BCUT2D eigenvalue weighted by molar-refractivity contribution is 0.453. The predicted molar refractivity (Wildman–Crippen MR) is 98.1 cm³/mol. The lowest BCUT2D eigenvalue weighted by Crippen LogP contribution is -2.29. The van der Waals surface area contributed by atoms with E-state index in [1.54, 1.807) is 4.57 Å². The van der Waals surface area contributed by atoms with Crippen LogP contribution in [0.3, 0.4) is 0 Å². The van der Waals surface area contributed by atoms with E-state index >= 15 is 0 Å². The first-order valence-corrected chi connectivity index (χ1v) is 8.88. The Kier molecular flexibility index (Phi) is 5.43. The van der Waals surface area contributed by atoms with Gasteiger partial charge >= 0.3 is 5.69 Å². The number of aryl methyl sites for hydroxylation is 3. The van der Waals surface area contributed by atoms with Gasteiger partial charge in [0, 0.05) is 43.0 Å². The highest BCUT2D eigenvalue weighted by Crippen LogP contribution is 2.23. The molecule has 25 heavy (non-hydrogen) atoms. The van der Waals surface area contributed by atoms with Crippen molar-refractivity contribution in [3.63, 3.8) is 0 Å². The number of rotatable bonds is 5. The number of nitrogens with zero attached hydrogens (tertiary/aromatic N) is 4. The normalized spacial score (nSPS) is 17.5. The standard InChI is InChI=1S/C18H26N6O/c1-12-9-13(2)24(18(25)21-12)8-7-20-17-10-16(22-14(3)23-17)15-5-4-6-19-11-15/h9-10,15,19H,4-8,11H2,1-3H3,(H,20,22,23)/t15-/m1/s1. The fourth-order valence-electron chi connectivity index (χ4n) is 3.34. The minimum atomic E-state index is -0.202. The number of hydrogen-bond donors (Lipinski definition) is 2. The fraction of sp³-hybridized carbons (Fsp3) is 0.556. The summed E-state index contributed by atoms with van der Waals surface area (Å²) in [6.07, 6.45) is 2.34. The summed E-state index contributed by atoms with van der Waals surface area (Å²) in [6.45, 7) is 8.92. The van der Waals surface area contributed by atoms with Crippen molar-refractivity contribution in [2.24, 2.45) is 0 Å². The van der Waals surface area contributed by atoms with Crippen LogP contribution in [0.25, 0.3) is 0 Å². The highest BCUT2D eigenvalue weighted by atomic mass is 16.1. The molecular formula is C18H26N6O. The second-order valence-corrected chi connectivity index (χ2v) is 6.67. The summed E-state index contributed by atoms with van der Waals surface area (Å²) in [5.41, 5.74) is 2.57. The molecule has 0 aliphatic carbocycles. The third-order valence-corrected chi connectivity index (χ3v) is 4.56. The van der Waals surface area contributed by atoms with E-state index in [0.29, 0.717) is 19.0 Å². The Hall–Kier alpha value is -2.28. The van der Waals surface area contributed by atoms with Gasteiger partial charge in [0.15, 0.2) is 0 Å². The molecule has 3 rings (SSSR count). The van der Waals surface area contributed by atoms with Gasteiger partial charge in [0.05, 0.1) is 5.69 Å². The molecule has 3 heterocycles. The molecule has 1 atom stereocenters. The van der Waals surface area contributed by atoms with E-state index in [1.807, 2.05) is 32.9 Å². The second-order valence-electron chi connectivity index (χ2n) is 6.67. The van der Waals surface area contributed by atoms with E-state index in [1.165, 1.54) is 6.42 Å². The summed E-state index contributed by atoms with van der Waals surface area (Å²) in [6, 6.07) is 3.96. The van der Waals surface area contributed by atoms with Crippen LogP contribution in [0.5, 0.6) is 0 Å². The molecule has 0 bridgehead atoms. The van der Waals surface area contributed by atoms with E-state index in [2.05, 4.69) is 25.6 Å². The van der Waals surface area contributed by atoms with Crippen LogP contribution < -0.4 is 16.3 Å². The number of hydrogen-bond acceptors (Lipinski definition) is 6. The van der Waals surface area contributed by atoms with Gasteiger partial charge in [-0.2, -0.15) is 4.98 Å². The molecule has 0 spiro atoms. The van der Waals surface area contributed by atoms with Crippen molar-refractivity contribution in [3.8, 4) is 0 Å². The zero-order valence-corrected chi connectivity index (χ0v) is 15.2. The van der Waals surface area contributed by atoms with Gasteiger partial charge in [-0.25, -0.2) is 14.8 Å². The molecule has 134 valence electrons. The topological polar surface area (TPSA) is 84.7 Å². The van der Waals surface area contributed by atoms with Crippen molar-refractivity contribution < 1.29 is 0 Å². The van der Waals surface area contributed by atoms with Crippen LogP contribution in [0.1, 0.15) is 41.7 Å². The van der Waals surface area contributed by atoms with E-state index < -0.39 is 0 Å². The SMILES string of the molecule is Cc1cc(C)n(CCNc2cc([C@@H]3CCCNC3)nc(C)n2)c(=O)n1. The molecule has 7 nitrogen and oxygen atoms in total. The first kappa shape index (κ1) is 17.5. The molecule has 1 fully saturated rings. The quantitative estimate of drug-likeness (QED) is 0.857. The zero-order valence-electron chi connectivity index (χ0n) is 15.2. The third-order valence-electron chi connectivity index (χ3n) is 4.56. The lowest BCUT2D eigenvalue weighted by atomic mass is 9.96. The molecule has 2 N–H and O–H groups in total. The number of piperidine rings is 1. The lowest BCUT2D eigenvalue weighted by Gasteiger charge is -2.23. The van der Waals surface area contributed by atoms with Crippen molar-refractivity contribution in [3.05, 3.63) is 45.5 Å².